The monoisotopic (exact) mass is 441 g/mol. The predicted molar refractivity (Wildman–Crippen MR) is 113 cm³/mol. The highest BCUT2D eigenvalue weighted by Crippen LogP contribution is 2.56. The Morgan fingerprint density at radius 3 is 2.22 bits per heavy atom. The molecule has 3 N–H and O–H groups in total. The molecular formula is C23H27N3O6. The first-order valence-corrected chi connectivity index (χ1v) is 11.0. The van der Waals surface area contributed by atoms with E-state index in [1.807, 2.05) is 0 Å². The lowest BCUT2D eigenvalue weighted by molar-refractivity contribution is -0.148. The molecule has 0 radical (unpaired) electrons. The number of likely N-dealkylation sites (tertiary alicyclic amines) is 1. The van der Waals surface area contributed by atoms with Gasteiger partial charge in [0, 0.05) is 5.69 Å². The van der Waals surface area contributed by atoms with Crippen LogP contribution < -0.4 is 11.1 Å². The van der Waals surface area contributed by atoms with Crippen LogP contribution in [-0.4, -0.2) is 47.1 Å². The molecule has 32 heavy (non-hydrogen) atoms. The Labute approximate surface area is 185 Å². The summed E-state index contributed by atoms with van der Waals surface area (Å²) in [6, 6.07) is 5.31. The smallest absolute Gasteiger partial charge is 0.310 e. The molecule has 9 heteroatoms. The van der Waals surface area contributed by atoms with Gasteiger partial charge >= 0.3 is 5.97 Å². The summed E-state index contributed by atoms with van der Waals surface area (Å²) in [5.41, 5.74) is 6.69. The van der Waals surface area contributed by atoms with Gasteiger partial charge < -0.3 is 15.8 Å². The number of nitrogens with two attached hydrogens (primary N) is 1. The van der Waals surface area contributed by atoms with E-state index in [2.05, 4.69) is 5.32 Å². The fraction of sp³-hybridized carbons (Fsp3) is 0.522. The summed E-state index contributed by atoms with van der Waals surface area (Å²) in [4.78, 5) is 63.2. The second-order valence-electron chi connectivity index (χ2n) is 8.78. The Balaban J connectivity index is 1.40. The van der Waals surface area contributed by atoms with Crippen molar-refractivity contribution in [1.29, 1.82) is 0 Å². The van der Waals surface area contributed by atoms with Crippen LogP contribution in [0.1, 0.15) is 38.2 Å². The van der Waals surface area contributed by atoms with Gasteiger partial charge in [-0.2, -0.15) is 0 Å². The van der Waals surface area contributed by atoms with E-state index >= 15 is 0 Å². The molecule has 5 atom stereocenters. The first kappa shape index (κ1) is 22.0. The van der Waals surface area contributed by atoms with Crippen molar-refractivity contribution in [2.75, 3.05) is 11.9 Å². The van der Waals surface area contributed by atoms with Crippen molar-refractivity contribution >= 4 is 35.3 Å². The lowest BCUT2D eigenvalue weighted by Crippen LogP contribution is -2.50. The summed E-state index contributed by atoms with van der Waals surface area (Å²) < 4.78 is 4.91. The van der Waals surface area contributed by atoms with E-state index < -0.39 is 24.3 Å². The molecule has 1 aromatic rings. The number of imide groups is 1. The second-order valence-corrected chi connectivity index (χ2v) is 8.78. The van der Waals surface area contributed by atoms with Crippen LogP contribution in [0, 0.1) is 23.7 Å². The minimum Gasteiger partial charge on any atom is -0.466 e. The number of primary amides is 1. The van der Waals surface area contributed by atoms with Crippen LogP contribution in [0.4, 0.5) is 5.69 Å². The zero-order valence-corrected chi connectivity index (χ0v) is 17.9. The average molecular weight is 441 g/mol. The topological polar surface area (TPSA) is 136 Å². The largest absolute Gasteiger partial charge is 0.466 e. The first-order valence-electron chi connectivity index (χ1n) is 11.0. The molecule has 2 bridgehead atoms. The first-order chi connectivity index (χ1) is 15.3. The highest BCUT2D eigenvalue weighted by atomic mass is 16.5. The van der Waals surface area contributed by atoms with Crippen molar-refractivity contribution < 1.29 is 28.7 Å². The zero-order chi connectivity index (χ0) is 23.0. The fourth-order valence-corrected chi connectivity index (χ4v) is 5.53. The molecule has 1 aromatic carbocycles. The third-order valence-corrected chi connectivity index (χ3v) is 6.87. The summed E-state index contributed by atoms with van der Waals surface area (Å²) in [6.45, 7) is 2.04. The Morgan fingerprint density at radius 2 is 1.69 bits per heavy atom. The normalized spacial score (nSPS) is 26.7. The van der Waals surface area contributed by atoms with Gasteiger partial charge in [0.15, 0.2) is 0 Å². The number of carbonyl (C=O) groups excluding carboxylic acids is 5. The molecule has 2 saturated carbocycles. The van der Waals surface area contributed by atoms with Crippen molar-refractivity contribution in [2.24, 2.45) is 29.4 Å². The molecule has 1 aliphatic heterocycles. The number of carbonyl (C=O) groups is 5. The van der Waals surface area contributed by atoms with Gasteiger partial charge in [-0.25, -0.2) is 0 Å². The van der Waals surface area contributed by atoms with Crippen LogP contribution in [0.15, 0.2) is 24.3 Å². The lowest BCUT2D eigenvalue weighted by atomic mass is 9.81. The molecule has 9 nitrogen and oxygen atoms in total. The van der Waals surface area contributed by atoms with Crippen molar-refractivity contribution in [2.45, 2.75) is 45.1 Å². The fourth-order valence-electron chi connectivity index (χ4n) is 5.53. The quantitative estimate of drug-likeness (QED) is 0.456. The summed E-state index contributed by atoms with van der Waals surface area (Å²) in [6.07, 6.45) is 2.45. The predicted octanol–water partition coefficient (Wildman–Crippen LogP) is 1.01. The van der Waals surface area contributed by atoms with Gasteiger partial charge in [-0.15, -0.1) is 0 Å². The number of nitrogens with zero attached hydrogens (tertiary/aromatic N) is 1. The van der Waals surface area contributed by atoms with Gasteiger partial charge in [-0.1, -0.05) is 12.1 Å². The number of benzene rings is 1. The molecule has 1 saturated heterocycles. The summed E-state index contributed by atoms with van der Waals surface area (Å²) in [5.74, 6) is -2.88. The van der Waals surface area contributed by atoms with Crippen LogP contribution in [0.2, 0.25) is 0 Å². The molecule has 2 aliphatic carbocycles. The number of anilines is 1. The number of esters is 1. The van der Waals surface area contributed by atoms with E-state index in [-0.39, 0.29) is 47.9 Å². The van der Waals surface area contributed by atoms with Crippen molar-refractivity contribution in [3.63, 3.8) is 0 Å². The SMILES string of the molecule is CCOC(=O)Cc1ccc(NC(=O)CC(C(N)=O)N2C(=O)C3C4CCC(C4)C3C2=O)cc1. The molecule has 4 rings (SSSR count). The molecule has 0 spiro atoms. The van der Waals surface area contributed by atoms with E-state index in [9.17, 15) is 24.0 Å². The van der Waals surface area contributed by atoms with Crippen LogP contribution >= 0.6 is 0 Å². The van der Waals surface area contributed by atoms with E-state index in [0.717, 1.165) is 29.7 Å². The molecular weight excluding hydrogens is 414 g/mol. The average Bonchev–Trinajstić information content (AvgIpc) is 3.42. The van der Waals surface area contributed by atoms with Gasteiger partial charge in [-0.05, 0) is 55.7 Å². The summed E-state index contributed by atoms with van der Waals surface area (Å²) in [7, 11) is 0. The minimum absolute atomic E-state index is 0.120. The zero-order valence-electron chi connectivity index (χ0n) is 17.9. The number of rotatable bonds is 8. The number of fused-ring (bicyclic) bond motifs is 5. The lowest BCUT2D eigenvalue weighted by Gasteiger charge is -2.25. The number of amides is 4. The maximum absolute atomic E-state index is 13.0. The molecule has 170 valence electrons. The van der Waals surface area contributed by atoms with Crippen molar-refractivity contribution in [3.8, 4) is 0 Å². The Hall–Kier alpha value is -3.23. The van der Waals surface area contributed by atoms with Crippen LogP contribution in [0.3, 0.4) is 0 Å². The van der Waals surface area contributed by atoms with Crippen molar-refractivity contribution in [1.82, 2.24) is 4.90 Å². The summed E-state index contributed by atoms with van der Waals surface area (Å²) in [5, 5.41) is 2.65. The third kappa shape index (κ3) is 3.99. The van der Waals surface area contributed by atoms with Gasteiger partial charge in [0.05, 0.1) is 31.3 Å². The van der Waals surface area contributed by atoms with Gasteiger partial charge in [-0.3, -0.25) is 28.9 Å². The highest BCUT2D eigenvalue weighted by molar-refractivity contribution is 6.10. The third-order valence-electron chi connectivity index (χ3n) is 6.87. The van der Waals surface area contributed by atoms with E-state index in [1.165, 1.54) is 0 Å². The van der Waals surface area contributed by atoms with Crippen LogP contribution in [-0.2, 0) is 35.1 Å². The Bertz CT molecular complexity index is 931. The van der Waals surface area contributed by atoms with E-state index in [1.54, 1.807) is 31.2 Å². The number of ether oxygens (including phenoxy) is 1. The Kier molecular flexibility index (Phi) is 5.99. The standard InChI is InChI=1S/C23H27N3O6/c1-2-32-18(28)9-12-3-7-15(8-4-12)25-17(27)11-16(21(24)29)26-22(30)19-13-5-6-14(10-13)20(19)23(26)31/h3-4,7-8,13-14,16,19-20H,2,5-6,9-11H2,1H3,(H2,24,29)(H,25,27). The van der Waals surface area contributed by atoms with Crippen molar-refractivity contribution in [3.05, 3.63) is 29.8 Å². The van der Waals surface area contributed by atoms with Crippen LogP contribution in [0.5, 0.6) is 0 Å². The van der Waals surface area contributed by atoms with E-state index in [0.29, 0.717) is 12.3 Å². The Morgan fingerprint density at radius 1 is 1.09 bits per heavy atom. The number of hydrogen-bond donors (Lipinski definition) is 2. The molecule has 5 unspecified atom stereocenters. The van der Waals surface area contributed by atoms with Gasteiger partial charge in [0.2, 0.25) is 23.6 Å². The molecule has 3 fully saturated rings. The maximum atomic E-state index is 13.0. The number of nitrogens with one attached hydrogen (secondary N) is 1. The number of hydrogen-bond acceptors (Lipinski definition) is 6. The minimum atomic E-state index is -1.30. The van der Waals surface area contributed by atoms with E-state index in [4.69, 9.17) is 10.5 Å². The molecule has 3 aliphatic rings. The highest BCUT2D eigenvalue weighted by Gasteiger charge is 2.62. The molecule has 1 heterocycles. The second kappa shape index (κ2) is 8.72. The maximum Gasteiger partial charge on any atom is 0.310 e. The van der Waals surface area contributed by atoms with Gasteiger partial charge in [0.25, 0.3) is 0 Å². The summed E-state index contributed by atoms with van der Waals surface area (Å²) >= 11 is 0. The van der Waals surface area contributed by atoms with Crippen LogP contribution in [0.25, 0.3) is 0 Å². The molecule has 4 amide bonds. The van der Waals surface area contributed by atoms with Gasteiger partial charge in [0.1, 0.15) is 6.04 Å². The molecule has 0 aromatic heterocycles.